The average molecular weight is 268 g/mol. The molecule has 1 aromatic carbocycles. The summed E-state index contributed by atoms with van der Waals surface area (Å²) in [6.45, 7) is 0.830. The van der Waals surface area contributed by atoms with Gasteiger partial charge in [0.1, 0.15) is 11.3 Å². The van der Waals surface area contributed by atoms with Crippen LogP contribution < -0.4 is 10.5 Å². The molecule has 3 heteroatoms. The maximum atomic E-state index is 6.09. The van der Waals surface area contributed by atoms with Crippen LogP contribution in [0.2, 0.25) is 0 Å². The van der Waals surface area contributed by atoms with E-state index < -0.39 is 0 Å². The van der Waals surface area contributed by atoms with Gasteiger partial charge in [-0.15, -0.1) is 0 Å². The topological polar surface area (TPSA) is 48.1 Å². The maximum absolute atomic E-state index is 6.09. The van der Waals surface area contributed by atoms with E-state index in [0.717, 1.165) is 46.7 Å². The van der Waals surface area contributed by atoms with Crippen LogP contribution in [-0.4, -0.2) is 11.6 Å². The number of ether oxygens (including phenoxy) is 1. The van der Waals surface area contributed by atoms with Gasteiger partial charge in [-0.1, -0.05) is 6.42 Å². The van der Waals surface area contributed by atoms with Gasteiger partial charge < -0.3 is 10.5 Å². The van der Waals surface area contributed by atoms with Crippen LogP contribution in [0.1, 0.15) is 25.7 Å². The quantitative estimate of drug-likeness (QED) is 0.865. The Morgan fingerprint density at radius 1 is 1.20 bits per heavy atom. The number of hydrogen-bond donors (Lipinski definition) is 1. The SMILES string of the molecule is Nc1ccc(OCC2CC3CCC2C3)c2ncccc12. The first-order valence-corrected chi connectivity index (χ1v) is 7.57. The molecule has 2 saturated carbocycles. The van der Waals surface area contributed by atoms with E-state index in [9.17, 15) is 0 Å². The van der Waals surface area contributed by atoms with E-state index in [4.69, 9.17) is 10.5 Å². The van der Waals surface area contributed by atoms with Gasteiger partial charge in [0.05, 0.1) is 6.61 Å². The summed E-state index contributed by atoms with van der Waals surface area (Å²) in [5.74, 6) is 3.48. The van der Waals surface area contributed by atoms with Crippen LogP contribution in [-0.2, 0) is 0 Å². The van der Waals surface area contributed by atoms with Crippen molar-refractivity contribution in [2.24, 2.45) is 17.8 Å². The minimum atomic E-state index is 0.741. The fraction of sp³-hybridized carbons (Fsp3) is 0.471. The van der Waals surface area contributed by atoms with Crippen molar-refractivity contribution < 1.29 is 4.74 Å². The normalized spacial score (nSPS) is 28.1. The molecule has 3 atom stereocenters. The summed E-state index contributed by atoms with van der Waals surface area (Å²) >= 11 is 0. The standard InChI is InChI=1S/C17H20N2O/c18-15-5-6-16(17-14(15)2-1-7-19-17)20-10-13-9-11-3-4-12(13)8-11/h1-2,5-7,11-13H,3-4,8-10,18H2. The minimum absolute atomic E-state index is 0.741. The van der Waals surface area contributed by atoms with Crippen molar-refractivity contribution >= 4 is 16.6 Å². The van der Waals surface area contributed by atoms with E-state index in [2.05, 4.69) is 4.98 Å². The molecule has 104 valence electrons. The van der Waals surface area contributed by atoms with Crippen molar-refractivity contribution in [3.63, 3.8) is 0 Å². The highest BCUT2D eigenvalue weighted by Gasteiger charge is 2.39. The highest BCUT2D eigenvalue weighted by Crippen LogP contribution is 2.48. The Bertz CT molecular complexity index is 640. The van der Waals surface area contributed by atoms with Crippen molar-refractivity contribution in [2.45, 2.75) is 25.7 Å². The summed E-state index contributed by atoms with van der Waals surface area (Å²) in [5.41, 5.74) is 7.65. The van der Waals surface area contributed by atoms with Gasteiger partial charge in [0.15, 0.2) is 0 Å². The van der Waals surface area contributed by atoms with Crippen molar-refractivity contribution in [1.82, 2.24) is 4.98 Å². The van der Waals surface area contributed by atoms with Gasteiger partial charge in [-0.2, -0.15) is 0 Å². The van der Waals surface area contributed by atoms with Gasteiger partial charge in [0, 0.05) is 17.3 Å². The number of fused-ring (bicyclic) bond motifs is 3. The Balaban J connectivity index is 1.56. The van der Waals surface area contributed by atoms with Gasteiger partial charge in [0.25, 0.3) is 0 Å². The van der Waals surface area contributed by atoms with Crippen LogP contribution >= 0.6 is 0 Å². The molecule has 0 spiro atoms. The first-order valence-electron chi connectivity index (χ1n) is 7.57. The van der Waals surface area contributed by atoms with Crippen LogP contribution in [0.5, 0.6) is 5.75 Å². The van der Waals surface area contributed by atoms with Gasteiger partial charge in [-0.3, -0.25) is 4.98 Å². The van der Waals surface area contributed by atoms with E-state index in [1.807, 2.05) is 24.3 Å². The zero-order chi connectivity index (χ0) is 13.5. The second-order valence-corrected chi connectivity index (χ2v) is 6.30. The molecule has 3 unspecified atom stereocenters. The summed E-state index contributed by atoms with van der Waals surface area (Å²) in [6, 6.07) is 7.79. The monoisotopic (exact) mass is 268 g/mol. The van der Waals surface area contributed by atoms with Crippen LogP contribution in [0, 0.1) is 17.8 Å². The molecule has 0 radical (unpaired) electrons. The molecular formula is C17H20N2O. The number of nitrogens with zero attached hydrogens (tertiary/aromatic N) is 1. The number of rotatable bonds is 3. The van der Waals surface area contributed by atoms with Crippen molar-refractivity contribution in [2.75, 3.05) is 12.3 Å². The van der Waals surface area contributed by atoms with E-state index in [-0.39, 0.29) is 0 Å². The van der Waals surface area contributed by atoms with Crippen LogP contribution in [0.25, 0.3) is 10.9 Å². The van der Waals surface area contributed by atoms with Gasteiger partial charge >= 0.3 is 0 Å². The second kappa shape index (κ2) is 4.65. The molecule has 1 heterocycles. The number of nitrogens with two attached hydrogens (primary N) is 1. The summed E-state index contributed by atoms with van der Waals surface area (Å²) in [4.78, 5) is 4.43. The molecule has 1 aromatic heterocycles. The molecule has 2 fully saturated rings. The second-order valence-electron chi connectivity index (χ2n) is 6.30. The van der Waals surface area contributed by atoms with Gasteiger partial charge in [-0.05, 0) is 61.3 Å². The van der Waals surface area contributed by atoms with Crippen LogP contribution in [0.15, 0.2) is 30.5 Å². The van der Waals surface area contributed by atoms with Crippen molar-refractivity contribution in [3.8, 4) is 5.75 Å². The molecule has 0 aliphatic heterocycles. The summed E-state index contributed by atoms with van der Waals surface area (Å²) < 4.78 is 6.09. The zero-order valence-electron chi connectivity index (χ0n) is 11.6. The number of nitrogen functional groups attached to an aromatic ring is 1. The van der Waals surface area contributed by atoms with Crippen molar-refractivity contribution in [3.05, 3.63) is 30.5 Å². The lowest BCUT2D eigenvalue weighted by Crippen LogP contribution is -2.18. The molecule has 0 saturated heterocycles. The molecule has 2 aliphatic carbocycles. The Morgan fingerprint density at radius 3 is 2.95 bits per heavy atom. The van der Waals surface area contributed by atoms with Crippen molar-refractivity contribution in [1.29, 1.82) is 0 Å². The predicted molar refractivity (Wildman–Crippen MR) is 80.6 cm³/mol. The summed E-state index contributed by atoms with van der Waals surface area (Å²) in [6.07, 6.45) is 7.42. The van der Waals surface area contributed by atoms with E-state index >= 15 is 0 Å². The lowest BCUT2D eigenvalue weighted by atomic mass is 9.89. The molecule has 2 bridgehead atoms. The predicted octanol–water partition coefficient (Wildman–Crippen LogP) is 3.63. The van der Waals surface area contributed by atoms with Gasteiger partial charge in [0.2, 0.25) is 0 Å². The van der Waals surface area contributed by atoms with Crippen LogP contribution in [0.4, 0.5) is 5.69 Å². The Morgan fingerprint density at radius 2 is 2.15 bits per heavy atom. The van der Waals surface area contributed by atoms with Gasteiger partial charge in [-0.25, -0.2) is 0 Å². The Labute approximate surface area is 119 Å². The molecule has 2 aromatic rings. The maximum Gasteiger partial charge on any atom is 0.145 e. The zero-order valence-corrected chi connectivity index (χ0v) is 11.6. The Kier molecular flexibility index (Phi) is 2.79. The molecule has 0 amide bonds. The third-order valence-corrected chi connectivity index (χ3v) is 5.10. The number of pyridine rings is 1. The van der Waals surface area contributed by atoms with E-state index in [0.29, 0.717) is 0 Å². The third-order valence-electron chi connectivity index (χ3n) is 5.10. The largest absolute Gasteiger partial charge is 0.491 e. The molecule has 3 nitrogen and oxygen atoms in total. The van der Waals surface area contributed by atoms with E-state index in [1.54, 1.807) is 6.20 Å². The highest BCUT2D eigenvalue weighted by atomic mass is 16.5. The first kappa shape index (κ1) is 12.0. The minimum Gasteiger partial charge on any atom is -0.491 e. The molecule has 2 N–H and O–H groups in total. The number of anilines is 1. The molecule has 2 aliphatic rings. The fourth-order valence-electron chi connectivity index (χ4n) is 4.06. The number of benzene rings is 1. The fourth-order valence-corrected chi connectivity index (χ4v) is 4.06. The molecule has 4 rings (SSSR count). The summed E-state index contributed by atoms with van der Waals surface area (Å²) in [7, 11) is 0. The lowest BCUT2D eigenvalue weighted by Gasteiger charge is -2.22. The van der Waals surface area contributed by atoms with Crippen LogP contribution in [0.3, 0.4) is 0 Å². The first-order chi connectivity index (χ1) is 9.81. The lowest BCUT2D eigenvalue weighted by molar-refractivity contribution is 0.196. The summed E-state index contributed by atoms with van der Waals surface area (Å²) in [5, 5.41) is 0.984. The van der Waals surface area contributed by atoms with E-state index in [1.165, 1.54) is 25.7 Å². The Hall–Kier alpha value is -1.77. The molecule has 20 heavy (non-hydrogen) atoms. The average Bonchev–Trinajstić information content (AvgIpc) is 3.09. The third kappa shape index (κ3) is 1.92. The number of aromatic nitrogens is 1. The number of hydrogen-bond acceptors (Lipinski definition) is 3. The highest BCUT2D eigenvalue weighted by molar-refractivity contribution is 5.94. The smallest absolute Gasteiger partial charge is 0.145 e. The molecular weight excluding hydrogens is 248 g/mol.